The lowest BCUT2D eigenvalue weighted by atomic mass is 10.0. The van der Waals surface area contributed by atoms with Gasteiger partial charge in [-0.1, -0.05) is 115 Å². The minimum absolute atomic E-state index is 0.724. The van der Waals surface area contributed by atoms with Crippen LogP contribution in [0.15, 0.2) is 0 Å². The Morgan fingerprint density at radius 3 is 1.19 bits per heavy atom. The Bertz CT molecular complexity index is 376. The quantitative estimate of drug-likeness (QED) is 0.200. The summed E-state index contributed by atoms with van der Waals surface area (Å²) in [5.74, 6) is 12.0. The lowest BCUT2D eigenvalue weighted by Crippen LogP contribution is -1.96. The molecule has 0 unspecified atom stereocenters. The lowest BCUT2D eigenvalue weighted by Gasteiger charge is -2.03. The molecular weight excluding hydrogens is 314 g/mol. The van der Waals surface area contributed by atoms with Crippen molar-refractivity contribution in [3.8, 4) is 23.7 Å². The molecule has 1 nitrogen and oxygen atoms in total. The predicted octanol–water partition coefficient (Wildman–Crippen LogP) is 7.38. The highest BCUT2D eigenvalue weighted by Gasteiger charge is 1.94. The highest BCUT2D eigenvalue weighted by atomic mass is 14.5. The van der Waals surface area contributed by atoms with Crippen LogP contribution in [0.25, 0.3) is 0 Å². The molecule has 0 saturated heterocycles. The molecule has 150 valence electrons. The van der Waals surface area contributed by atoms with Crippen LogP contribution in [0.5, 0.6) is 0 Å². The summed E-state index contributed by atoms with van der Waals surface area (Å²) in [5.41, 5.74) is 5.41. The Morgan fingerprint density at radius 1 is 0.462 bits per heavy atom. The smallest absolute Gasteiger partial charge is 0.0111 e. The molecule has 0 rings (SSSR count). The molecule has 0 aromatic carbocycles. The highest BCUT2D eigenvalue weighted by molar-refractivity contribution is 5.25. The van der Waals surface area contributed by atoms with Crippen LogP contribution in [0.4, 0.5) is 0 Å². The van der Waals surface area contributed by atoms with E-state index in [4.69, 9.17) is 5.73 Å². The first-order valence-corrected chi connectivity index (χ1v) is 11.6. The zero-order chi connectivity index (χ0) is 19.0. The summed E-state index contributed by atoms with van der Waals surface area (Å²) in [6.07, 6.45) is 25.5. The van der Waals surface area contributed by atoms with Gasteiger partial charge in [-0.2, -0.15) is 0 Å². The van der Waals surface area contributed by atoms with Crippen LogP contribution >= 0.6 is 0 Å². The zero-order valence-electron chi connectivity index (χ0n) is 17.7. The van der Waals surface area contributed by atoms with Gasteiger partial charge in [0.1, 0.15) is 0 Å². The lowest BCUT2D eigenvalue weighted by molar-refractivity contribution is 0.530. The van der Waals surface area contributed by atoms with Crippen LogP contribution in [0.1, 0.15) is 129 Å². The minimum atomic E-state index is 0.724. The number of unbranched alkanes of at least 4 members (excludes halogenated alkanes) is 17. The van der Waals surface area contributed by atoms with Crippen LogP contribution in [-0.2, 0) is 0 Å². The molecule has 0 atom stereocenters. The van der Waals surface area contributed by atoms with Crippen molar-refractivity contribution in [2.24, 2.45) is 5.73 Å². The molecule has 1 heteroatoms. The van der Waals surface area contributed by atoms with E-state index in [0.717, 1.165) is 25.8 Å². The number of hydrogen-bond acceptors (Lipinski definition) is 1. The van der Waals surface area contributed by atoms with Crippen LogP contribution < -0.4 is 5.73 Å². The largest absolute Gasteiger partial charge is 0.330 e. The van der Waals surface area contributed by atoms with Gasteiger partial charge in [-0.3, -0.25) is 0 Å². The fraction of sp³-hybridized carbons (Fsp3) is 0.840. The molecule has 0 aliphatic heterocycles. The van der Waals surface area contributed by atoms with E-state index >= 15 is 0 Å². The van der Waals surface area contributed by atoms with E-state index in [1.807, 2.05) is 0 Å². The van der Waals surface area contributed by atoms with Crippen molar-refractivity contribution >= 4 is 0 Å². The molecule has 0 aromatic heterocycles. The standard InChI is InChI=1S/C25H45N/c1-2-3-4-5-6-7-8-9-10-11-12-13-14-15-16-17-18-19-20-21-22-23-24-25-26/h2-18,23-26H2,1H3. The van der Waals surface area contributed by atoms with Gasteiger partial charge in [0.15, 0.2) is 0 Å². The molecule has 26 heavy (non-hydrogen) atoms. The molecule has 0 heterocycles. The van der Waals surface area contributed by atoms with Crippen LogP contribution in [0.3, 0.4) is 0 Å². The van der Waals surface area contributed by atoms with Gasteiger partial charge in [-0.15, -0.1) is 0 Å². The van der Waals surface area contributed by atoms with Crippen LogP contribution in [0, 0.1) is 23.7 Å². The van der Waals surface area contributed by atoms with E-state index in [0.29, 0.717) is 0 Å². The summed E-state index contributed by atoms with van der Waals surface area (Å²) in [6.45, 7) is 3.01. The molecule has 0 bridgehead atoms. The van der Waals surface area contributed by atoms with E-state index in [9.17, 15) is 0 Å². The van der Waals surface area contributed by atoms with Crippen LogP contribution in [0.2, 0.25) is 0 Å². The van der Waals surface area contributed by atoms with Crippen LogP contribution in [-0.4, -0.2) is 6.54 Å². The molecule has 2 N–H and O–H groups in total. The maximum atomic E-state index is 5.41. The number of nitrogens with two attached hydrogens (primary N) is 1. The summed E-state index contributed by atoms with van der Waals surface area (Å²) in [4.78, 5) is 0. The highest BCUT2D eigenvalue weighted by Crippen LogP contribution is 2.13. The third-order valence-electron chi connectivity index (χ3n) is 4.90. The molecule has 0 fully saturated rings. The van der Waals surface area contributed by atoms with Crippen molar-refractivity contribution in [3.63, 3.8) is 0 Å². The molecule has 0 saturated carbocycles. The summed E-state index contributed by atoms with van der Waals surface area (Å²) in [6, 6.07) is 0. The van der Waals surface area contributed by atoms with E-state index in [1.54, 1.807) is 0 Å². The summed E-state index contributed by atoms with van der Waals surface area (Å²) >= 11 is 0. The summed E-state index contributed by atoms with van der Waals surface area (Å²) < 4.78 is 0. The van der Waals surface area contributed by atoms with Gasteiger partial charge in [-0.05, 0) is 31.2 Å². The van der Waals surface area contributed by atoms with Gasteiger partial charge in [0.25, 0.3) is 0 Å². The normalized spacial score (nSPS) is 10.1. The first kappa shape index (κ1) is 25.1. The second-order valence-corrected chi connectivity index (χ2v) is 7.55. The van der Waals surface area contributed by atoms with Crippen molar-refractivity contribution in [1.29, 1.82) is 0 Å². The van der Waals surface area contributed by atoms with Crippen molar-refractivity contribution < 1.29 is 0 Å². The third-order valence-corrected chi connectivity index (χ3v) is 4.90. The van der Waals surface area contributed by atoms with Gasteiger partial charge in [-0.25, -0.2) is 0 Å². The molecule has 0 radical (unpaired) electrons. The fourth-order valence-corrected chi connectivity index (χ4v) is 3.17. The fourth-order valence-electron chi connectivity index (χ4n) is 3.17. The zero-order valence-corrected chi connectivity index (χ0v) is 17.7. The van der Waals surface area contributed by atoms with E-state index in [-0.39, 0.29) is 0 Å². The molecule has 0 spiro atoms. The average molecular weight is 360 g/mol. The second kappa shape index (κ2) is 24.1. The second-order valence-electron chi connectivity index (χ2n) is 7.55. The number of rotatable bonds is 18. The Morgan fingerprint density at radius 2 is 0.808 bits per heavy atom. The predicted molar refractivity (Wildman–Crippen MR) is 118 cm³/mol. The first-order chi connectivity index (χ1) is 12.9. The van der Waals surface area contributed by atoms with Crippen molar-refractivity contribution in [2.75, 3.05) is 6.54 Å². The van der Waals surface area contributed by atoms with Gasteiger partial charge >= 0.3 is 0 Å². The van der Waals surface area contributed by atoms with Gasteiger partial charge in [0.2, 0.25) is 0 Å². The molecular formula is C25H45N. The van der Waals surface area contributed by atoms with Gasteiger partial charge in [0, 0.05) is 12.8 Å². The monoisotopic (exact) mass is 359 g/mol. The Kier molecular flexibility index (Phi) is 23.2. The Hall–Kier alpha value is -0.920. The van der Waals surface area contributed by atoms with Crippen molar-refractivity contribution in [3.05, 3.63) is 0 Å². The Balaban J connectivity index is 3.11. The maximum Gasteiger partial charge on any atom is 0.0111 e. The molecule has 0 amide bonds. The topological polar surface area (TPSA) is 26.0 Å². The van der Waals surface area contributed by atoms with Gasteiger partial charge < -0.3 is 5.73 Å². The van der Waals surface area contributed by atoms with E-state index < -0.39 is 0 Å². The SMILES string of the molecule is CCCCCCCCCCCCCCCCCCC#CC#CCCCN. The van der Waals surface area contributed by atoms with E-state index in [1.165, 1.54) is 103 Å². The third kappa shape index (κ3) is 23.1. The Labute approximate surface area is 165 Å². The van der Waals surface area contributed by atoms with E-state index in [2.05, 4.69) is 30.6 Å². The number of hydrogen-bond donors (Lipinski definition) is 1. The van der Waals surface area contributed by atoms with Crippen molar-refractivity contribution in [2.45, 2.75) is 129 Å². The first-order valence-electron chi connectivity index (χ1n) is 11.6. The summed E-state index contributed by atoms with van der Waals surface area (Å²) in [5, 5.41) is 0. The van der Waals surface area contributed by atoms with Crippen molar-refractivity contribution in [1.82, 2.24) is 0 Å². The molecule has 0 aromatic rings. The van der Waals surface area contributed by atoms with Gasteiger partial charge in [0.05, 0.1) is 0 Å². The summed E-state index contributed by atoms with van der Waals surface area (Å²) in [7, 11) is 0. The minimum Gasteiger partial charge on any atom is -0.330 e. The molecule has 0 aliphatic rings. The maximum absolute atomic E-state index is 5.41. The molecule has 0 aliphatic carbocycles. The average Bonchev–Trinajstić information content (AvgIpc) is 2.66.